The maximum atomic E-state index is 12.8. The van der Waals surface area contributed by atoms with Gasteiger partial charge in [-0.05, 0) is 22.3 Å². The van der Waals surface area contributed by atoms with Crippen LogP contribution < -0.4 is 9.44 Å². The van der Waals surface area contributed by atoms with Crippen LogP contribution in [0.4, 0.5) is 9.59 Å². The number of carbonyl (C=O) groups excluding carboxylic acids is 2. The summed E-state index contributed by atoms with van der Waals surface area (Å²) < 4.78 is 52.5. The highest BCUT2D eigenvalue weighted by Crippen LogP contribution is 2.31. The van der Waals surface area contributed by atoms with Gasteiger partial charge in [0.05, 0.1) is 24.5 Å². The zero-order valence-electron chi connectivity index (χ0n) is 33.4. The van der Waals surface area contributed by atoms with Crippen LogP contribution in [0.5, 0.6) is 0 Å². The molecule has 0 spiro atoms. The number of hydrogen-bond donors (Lipinski definition) is 2. The molecule has 2 unspecified atom stereocenters. The van der Waals surface area contributed by atoms with Crippen molar-refractivity contribution < 1.29 is 26.4 Å². The first-order chi connectivity index (χ1) is 29.8. The van der Waals surface area contributed by atoms with Crippen molar-refractivity contribution in [2.24, 2.45) is 40.6 Å². The molecule has 4 aromatic carbocycles. The molecule has 4 aliphatic rings. The van der Waals surface area contributed by atoms with Crippen LogP contribution in [0.3, 0.4) is 0 Å². The fourth-order valence-electron chi connectivity index (χ4n) is 6.96. The largest absolute Gasteiger partial charge is 0.352 e. The topological polar surface area (TPSA) is 235 Å². The first-order valence-corrected chi connectivity index (χ1v) is 23.0. The molecule has 4 heterocycles. The van der Waals surface area contributed by atoms with Gasteiger partial charge in [0, 0.05) is 46.7 Å². The van der Waals surface area contributed by atoms with Gasteiger partial charge in [0.1, 0.15) is 0 Å². The van der Waals surface area contributed by atoms with Gasteiger partial charge >= 0.3 is 31.5 Å². The highest BCUT2D eigenvalue weighted by atomic mass is 35.7. The molecule has 0 fully saturated rings. The fraction of sp³-hybridized carbons (Fsp3) is 0.250. The number of amidine groups is 2. The number of hydrogen-bond acceptors (Lipinski definition) is 14. The number of amides is 4. The van der Waals surface area contributed by atoms with Crippen molar-refractivity contribution >= 4 is 65.3 Å². The molecule has 0 radical (unpaired) electrons. The monoisotopic (exact) mass is 897 g/mol. The number of azo groups is 2. The quantitative estimate of drug-likeness (QED) is 0.176. The molecule has 4 aliphatic heterocycles. The standard InChI is InChI=1S/C22H25N7O3S.C18H15ClN6O3S/c1-3-28(4-2)33(31,32)27-22(30)29-14-19(16-8-6-5-7-9-16)20(26-29)17-10-12-18(13-11-17)21-23-15-24-25-21;19-29(27,28)24-18(26)25-10-15(12-4-2-1-3-5-12)16(23-25)13-6-8-14(9-7-13)17-20-11-21-22-17/h5-13,19H,3-4,14-15H2,1-2H3,(H,27,30);1-9,15H,10-11H2,(H,24,26). The Morgan fingerprint density at radius 1 is 0.613 bits per heavy atom. The predicted molar refractivity (Wildman–Crippen MR) is 234 cm³/mol. The summed E-state index contributed by atoms with van der Waals surface area (Å²) in [6.45, 7) is 5.02. The van der Waals surface area contributed by atoms with Gasteiger partial charge in [-0.2, -0.15) is 41.6 Å². The van der Waals surface area contributed by atoms with Crippen LogP contribution in [0.25, 0.3) is 0 Å². The number of nitrogens with zero attached hydrogens (tertiary/aromatic N) is 11. The molecule has 0 bridgehead atoms. The van der Waals surface area contributed by atoms with E-state index < -0.39 is 31.5 Å². The summed E-state index contributed by atoms with van der Waals surface area (Å²) in [5.41, 5.74) is 6.54. The molecule has 0 saturated heterocycles. The molecular weight excluding hydrogens is 858 g/mol. The third kappa shape index (κ3) is 10.3. The molecule has 2 N–H and O–H groups in total. The lowest BCUT2D eigenvalue weighted by molar-refractivity contribution is 0.208. The molecule has 0 saturated carbocycles. The third-order valence-electron chi connectivity index (χ3n) is 9.95. The minimum atomic E-state index is -4.21. The first-order valence-electron chi connectivity index (χ1n) is 19.3. The van der Waals surface area contributed by atoms with Crippen molar-refractivity contribution in [1.82, 2.24) is 23.8 Å². The molecule has 19 nitrogen and oxygen atoms in total. The van der Waals surface area contributed by atoms with Crippen LogP contribution in [-0.4, -0.2) is 106 Å². The third-order valence-corrected chi connectivity index (χ3v) is 12.2. The van der Waals surface area contributed by atoms with Crippen molar-refractivity contribution in [2.45, 2.75) is 25.7 Å². The van der Waals surface area contributed by atoms with Gasteiger partial charge in [-0.1, -0.05) is 123 Å². The first kappa shape index (κ1) is 43.5. The summed E-state index contributed by atoms with van der Waals surface area (Å²) in [5.74, 6) is 0.715. The summed E-state index contributed by atoms with van der Waals surface area (Å²) in [6.07, 6.45) is 0. The maximum Gasteiger partial charge on any atom is 0.352 e. The SMILES string of the molecule is CCN(CC)S(=O)(=O)NC(=O)N1CC(c2ccccc2)C(c2ccc(C3=NCN=N3)cc2)=N1.O=C(NS(=O)(=O)Cl)N1CC(c2ccccc2)C(c2ccc(C3=NCN=N3)cc2)=N1. The normalized spacial score (nSPS) is 18.2. The maximum absolute atomic E-state index is 12.8. The van der Waals surface area contributed by atoms with Crippen LogP contribution in [-0.2, 0) is 19.4 Å². The van der Waals surface area contributed by atoms with E-state index in [1.807, 2.05) is 109 Å². The Morgan fingerprint density at radius 2 is 1.00 bits per heavy atom. The average Bonchev–Trinajstić information content (AvgIpc) is 4.12. The highest BCUT2D eigenvalue weighted by molar-refractivity contribution is 8.12. The van der Waals surface area contributed by atoms with Crippen LogP contribution in [0.2, 0.25) is 0 Å². The molecule has 320 valence electrons. The van der Waals surface area contributed by atoms with E-state index in [4.69, 9.17) is 10.7 Å². The van der Waals surface area contributed by atoms with E-state index in [1.54, 1.807) is 18.6 Å². The van der Waals surface area contributed by atoms with Crippen molar-refractivity contribution in [1.29, 1.82) is 0 Å². The second-order valence-electron chi connectivity index (χ2n) is 13.8. The minimum Gasteiger partial charge on any atom is -0.245 e. The summed E-state index contributed by atoms with van der Waals surface area (Å²) in [4.78, 5) is 33.5. The molecule has 4 amide bonds. The van der Waals surface area contributed by atoms with Gasteiger partial charge in [0.15, 0.2) is 25.0 Å². The van der Waals surface area contributed by atoms with E-state index in [1.165, 1.54) is 9.31 Å². The summed E-state index contributed by atoms with van der Waals surface area (Å²) in [6, 6.07) is 32.6. The van der Waals surface area contributed by atoms with E-state index >= 15 is 0 Å². The van der Waals surface area contributed by atoms with Gasteiger partial charge in [-0.15, -0.1) is 10.2 Å². The second kappa shape index (κ2) is 19.0. The smallest absolute Gasteiger partial charge is 0.245 e. The Labute approximate surface area is 362 Å². The van der Waals surface area contributed by atoms with Crippen LogP contribution in [0.1, 0.15) is 59.1 Å². The van der Waals surface area contributed by atoms with Gasteiger partial charge in [0.2, 0.25) is 0 Å². The Kier molecular flexibility index (Phi) is 13.4. The molecule has 0 aromatic heterocycles. The van der Waals surface area contributed by atoms with Gasteiger partial charge < -0.3 is 0 Å². The number of nitrogens with one attached hydrogen (secondary N) is 2. The van der Waals surface area contributed by atoms with Crippen molar-refractivity contribution in [2.75, 3.05) is 39.5 Å². The average molecular weight is 898 g/mol. The van der Waals surface area contributed by atoms with Gasteiger partial charge in [-0.3, -0.25) is 0 Å². The number of urea groups is 2. The molecule has 0 aliphatic carbocycles. The molecule has 4 aromatic rings. The number of rotatable bonds is 11. The molecule has 2 atom stereocenters. The van der Waals surface area contributed by atoms with E-state index in [9.17, 15) is 26.4 Å². The van der Waals surface area contributed by atoms with E-state index in [0.717, 1.165) is 38.4 Å². The molecule has 8 rings (SSSR count). The number of halogens is 1. The molecular formula is C40H40ClN13O6S2. The summed E-state index contributed by atoms with van der Waals surface area (Å²) >= 11 is 0. The van der Waals surface area contributed by atoms with E-state index in [2.05, 4.69) is 45.4 Å². The van der Waals surface area contributed by atoms with E-state index in [0.29, 0.717) is 36.4 Å². The minimum absolute atomic E-state index is 0.181. The lowest BCUT2D eigenvalue weighted by Crippen LogP contribution is -2.47. The van der Waals surface area contributed by atoms with Crippen molar-refractivity contribution in [3.05, 3.63) is 143 Å². The number of benzene rings is 4. The van der Waals surface area contributed by atoms with Crippen LogP contribution >= 0.6 is 10.7 Å². The zero-order valence-corrected chi connectivity index (χ0v) is 35.7. The second-order valence-corrected chi connectivity index (χ2v) is 17.8. The van der Waals surface area contributed by atoms with Crippen LogP contribution in [0, 0.1) is 0 Å². The number of aliphatic imine (C=N–C) groups is 2. The van der Waals surface area contributed by atoms with E-state index in [-0.39, 0.29) is 38.0 Å². The zero-order chi connectivity index (χ0) is 43.9. The lowest BCUT2D eigenvalue weighted by atomic mass is 9.90. The van der Waals surface area contributed by atoms with Crippen molar-refractivity contribution in [3.63, 3.8) is 0 Å². The predicted octanol–water partition coefficient (Wildman–Crippen LogP) is 5.81. The Morgan fingerprint density at radius 3 is 1.35 bits per heavy atom. The molecule has 62 heavy (non-hydrogen) atoms. The number of carbonyl (C=O) groups is 2. The van der Waals surface area contributed by atoms with Crippen molar-refractivity contribution in [3.8, 4) is 0 Å². The summed E-state index contributed by atoms with van der Waals surface area (Å²) in [7, 11) is -3.03. The highest BCUT2D eigenvalue weighted by Gasteiger charge is 2.35. The van der Waals surface area contributed by atoms with Crippen LogP contribution in [0.15, 0.2) is 150 Å². The Hall–Kier alpha value is -6.55. The number of hydrazone groups is 2. The Balaban J connectivity index is 0.000000188. The summed E-state index contributed by atoms with van der Waals surface area (Å²) in [5, 5.41) is 26.8. The fourth-order valence-corrected chi connectivity index (χ4v) is 8.60. The van der Waals surface area contributed by atoms with Gasteiger partial charge in [-0.25, -0.2) is 39.0 Å². The lowest BCUT2D eigenvalue weighted by Gasteiger charge is -2.21. The van der Waals surface area contributed by atoms with Gasteiger partial charge in [0.25, 0.3) is 0 Å². The Bertz CT molecular complexity index is 2710. The molecule has 22 heteroatoms.